The predicted molar refractivity (Wildman–Crippen MR) is 119 cm³/mol. The lowest BCUT2D eigenvalue weighted by atomic mass is 9.93. The van der Waals surface area contributed by atoms with Crippen molar-refractivity contribution in [3.8, 4) is 11.5 Å². The molecular weight excluding hydrogens is 477 g/mol. The van der Waals surface area contributed by atoms with Gasteiger partial charge in [-0.1, -0.05) is 0 Å². The number of halogens is 1. The SMILES string of the molecule is CC1(CN=C(N)Nc2ccc3c(c2)OCCCO3)OCCc2sccc21.I. The summed E-state index contributed by atoms with van der Waals surface area (Å²) in [6.07, 6.45) is 1.85. The molecule has 1 aromatic carbocycles. The van der Waals surface area contributed by atoms with Gasteiger partial charge in [0.15, 0.2) is 17.5 Å². The summed E-state index contributed by atoms with van der Waals surface area (Å²) in [5.74, 6) is 1.84. The lowest BCUT2D eigenvalue weighted by molar-refractivity contribution is -0.0374. The highest BCUT2D eigenvalue weighted by atomic mass is 127. The molecule has 1 atom stereocenters. The number of hydrogen-bond donors (Lipinski definition) is 2. The number of nitrogens with one attached hydrogen (secondary N) is 1. The number of aliphatic imine (C=N–C) groups is 1. The molecule has 27 heavy (non-hydrogen) atoms. The average molecular weight is 501 g/mol. The summed E-state index contributed by atoms with van der Waals surface area (Å²) < 4.78 is 17.4. The maximum absolute atomic E-state index is 6.10. The number of thiophene rings is 1. The second-order valence-electron chi connectivity index (χ2n) is 6.63. The first-order chi connectivity index (χ1) is 12.6. The van der Waals surface area contributed by atoms with Crippen LogP contribution in [0.2, 0.25) is 0 Å². The number of fused-ring (bicyclic) bond motifs is 2. The van der Waals surface area contributed by atoms with E-state index < -0.39 is 5.60 Å². The molecular formula is C19H24IN3O3S. The van der Waals surface area contributed by atoms with Crippen LogP contribution in [0.4, 0.5) is 5.69 Å². The van der Waals surface area contributed by atoms with Crippen LogP contribution in [-0.2, 0) is 16.8 Å². The summed E-state index contributed by atoms with van der Waals surface area (Å²) in [4.78, 5) is 5.89. The summed E-state index contributed by atoms with van der Waals surface area (Å²) >= 11 is 1.78. The van der Waals surface area contributed by atoms with Crippen LogP contribution in [0, 0.1) is 0 Å². The number of guanidine groups is 1. The Kier molecular flexibility index (Phi) is 6.48. The minimum Gasteiger partial charge on any atom is -0.490 e. The molecule has 4 rings (SSSR count). The maximum atomic E-state index is 6.10. The van der Waals surface area contributed by atoms with Crippen molar-refractivity contribution in [2.75, 3.05) is 31.7 Å². The van der Waals surface area contributed by atoms with Crippen molar-refractivity contribution >= 4 is 47.0 Å². The van der Waals surface area contributed by atoms with Gasteiger partial charge in [-0.15, -0.1) is 35.3 Å². The molecule has 1 unspecified atom stereocenters. The molecule has 6 nitrogen and oxygen atoms in total. The van der Waals surface area contributed by atoms with Gasteiger partial charge >= 0.3 is 0 Å². The van der Waals surface area contributed by atoms with E-state index in [1.165, 1.54) is 10.4 Å². The Morgan fingerprint density at radius 1 is 1.22 bits per heavy atom. The molecule has 0 amide bonds. The van der Waals surface area contributed by atoms with Gasteiger partial charge in [0.2, 0.25) is 0 Å². The molecule has 3 heterocycles. The fraction of sp³-hybridized carbons (Fsp3) is 0.421. The van der Waals surface area contributed by atoms with Gasteiger partial charge < -0.3 is 25.3 Å². The second kappa shape index (κ2) is 8.66. The first kappa shape index (κ1) is 20.2. The van der Waals surface area contributed by atoms with Gasteiger partial charge in [0, 0.05) is 29.5 Å². The van der Waals surface area contributed by atoms with Gasteiger partial charge in [-0.05, 0) is 36.1 Å². The van der Waals surface area contributed by atoms with Crippen molar-refractivity contribution in [3.05, 3.63) is 40.1 Å². The zero-order chi connectivity index (χ0) is 18.0. The topological polar surface area (TPSA) is 78.1 Å². The van der Waals surface area contributed by atoms with Crippen molar-refractivity contribution in [2.24, 2.45) is 10.7 Å². The van der Waals surface area contributed by atoms with E-state index in [4.69, 9.17) is 19.9 Å². The van der Waals surface area contributed by atoms with Crippen molar-refractivity contribution < 1.29 is 14.2 Å². The van der Waals surface area contributed by atoms with Crippen molar-refractivity contribution in [2.45, 2.75) is 25.4 Å². The number of rotatable bonds is 3. The van der Waals surface area contributed by atoms with E-state index in [1.807, 2.05) is 18.2 Å². The quantitative estimate of drug-likeness (QED) is 0.381. The summed E-state index contributed by atoms with van der Waals surface area (Å²) in [7, 11) is 0. The van der Waals surface area contributed by atoms with Gasteiger partial charge in [-0.3, -0.25) is 0 Å². The van der Waals surface area contributed by atoms with Gasteiger partial charge in [-0.25, -0.2) is 4.99 Å². The Labute approximate surface area is 180 Å². The number of nitrogens with two attached hydrogens (primary N) is 1. The lowest BCUT2D eigenvalue weighted by Crippen LogP contribution is -2.36. The molecule has 146 valence electrons. The predicted octanol–water partition coefficient (Wildman–Crippen LogP) is 3.74. The van der Waals surface area contributed by atoms with Crippen LogP contribution < -0.4 is 20.5 Å². The van der Waals surface area contributed by atoms with Crippen LogP contribution in [0.15, 0.2) is 34.6 Å². The maximum Gasteiger partial charge on any atom is 0.193 e. The van der Waals surface area contributed by atoms with E-state index >= 15 is 0 Å². The zero-order valence-electron chi connectivity index (χ0n) is 15.2. The summed E-state index contributed by atoms with van der Waals surface area (Å²) in [6, 6.07) is 7.81. The molecule has 0 radical (unpaired) electrons. The molecule has 2 aliphatic heterocycles. The molecule has 8 heteroatoms. The van der Waals surface area contributed by atoms with Crippen LogP contribution in [0.3, 0.4) is 0 Å². The third kappa shape index (κ3) is 4.49. The summed E-state index contributed by atoms with van der Waals surface area (Å²) in [5.41, 5.74) is 7.72. The smallest absolute Gasteiger partial charge is 0.193 e. The molecule has 2 aromatic rings. The normalized spacial score (nSPS) is 21.6. The Bertz CT molecular complexity index is 826. The highest BCUT2D eigenvalue weighted by molar-refractivity contribution is 14.0. The van der Waals surface area contributed by atoms with Gasteiger partial charge in [0.25, 0.3) is 0 Å². The number of benzene rings is 1. The Morgan fingerprint density at radius 2 is 2.04 bits per heavy atom. The van der Waals surface area contributed by atoms with Crippen LogP contribution in [-0.4, -0.2) is 32.3 Å². The van der Waals surface area contributed by atoms with Crippen LogP contribution >= 0.6 is 35.3 Å². The van der Waals surface area contributed by atoms with Crippen molar-refractivity contribution in [1.29, 1.82) is 0 Å². The van der Waals surface area contributed by atoms with Crippen LogP contribution in [0.1, 0.15) is 23.8 Å². The highest BCUT2D eigenvalue weighted by Gasteiger charge is 2.33. The molecule has 0 bridgehead atoms. The largest absolute Gasteiger partial charge is 0.490 e. The zero-order valence-corrected chi connectivity index (χ0v) is 18.3. The number of ether oxygens (including phenoxy) is 3. The molecule has 3 N–H and O–H groups in total. The first-order valence-electron chi connectivity index (χ1n) is 8.81. The Balaban J connectivity index is 0.00000210. The molecule has 0 fully saturated rings. The monoisotopic (exact) mass is 501 g/mol. The minimum atomic E-state index is -0.426. The van der Waals surface area contributed by atoms with E-state index in [9.17, 15) is 0 Å². The van der Waals surface area contributed by atoms with E-state index in [-0.39, 0.29) is 24.0 Å². The lowest BCUT2D eigenvalue weighted by Gasteiger charge is -2.33. The second-order valence-corrected chi connectivity index (χ2v) is 7.63. The molecule has 0 saturated heterocycles. The van der Waals surface area contributed by atoms with E-state index in [0.717, 1.165) is 36.6 Å². The molecule has 0 spiro atoms. The highest BCUT2D eigenvalue weighted by Crippen LogP contribution is 2.36. The fourth-order valence-corrected chi connectivity index (χ4v) is 4.23. The average Bonchev–Trinajstić information content (AvgIpc) is 3.00. The third-order valence-electron chi connectivity index (χ3n) is 4.64. The fourth-order valence-electron chi connectivity index (χ4n) is 3.25. The molecule has 0 saturated carbocycles. The van der Waals surface area contributed by atoms with Gasteiger partial charge in [-0.2, -0.15) is 0 Å². The van der Waals surface area contributed by atoms with E-state index in [2.05, 4.69) is 28.7 Å². The summed E-state index contributed by atoms with van der Waals surface area (Å²) in [6.45, 7) is 4.59. The van der Waals surface area contributed by atoms with Crippen molar-refractivity contribution in [3.63, 3.8) is 0 Å². The molecule has 2 aliphatic rings. The Morgan fingerprint density at radius 3 is 2.89 bits per heavy atom. The molecule has 0 aliphatic carbocycles. The number of anilines is 1. The van der Waals surface area contributed by atoms with Gasteiger partial charge in [0.05, 0.1) is 26.4 Å². The van der Waals surface area contributed by atoms with E-state index in [1.54, 1.807) is 11.3 Å². The van der Waals surface area contributed by atoms with Crippen molar-refractivity contribution in [1.82, 2.24) is 0 Å². The van der Waals surface area contributed by atoms with Gasteiger partial charge in [0.1, 0.15) is 5.60 Å². The van der Waals surface area contributed by atoms with Crippen LogP contribution in [0.5, 0.6) is 11.5 Å². The summed E-state index contributed by atoms with van der Waals surface area (Å²) in [5, 5.41) is 5.24. The van der Waals surface area contributed by atoms with Crippen LogP contribution in [0.25, 0.3) is 0 Å². The first-order valence-corrected chi connectivity index (χ1v) is 9.69. The Hall–Kier alpha value is -1.52. The van der Waals surface area contributed by atoms with E-state index in [0.29, 0.717) is 25.7 Å². The molecule has 1 aromatic heterocycles. The number of hydrogen-bond acceptors (Lipinski definition) is 5. The number of nitrogens with zero attached hydrogens (tertiary/aromatic N) is 1. The third-order valence-corrected chi connectivity index (χ3v) is 5.62. The standard InChI is InChI=1S/C19H23N3O3S.HI/c1-19(14-6-10-26-17(14)5-9-25-19)12-21-18(20)22-13-3-4-15-16(11-13)24-8-2-7-23-15;/h3-4,6,10-11H,2,5,7-9,12H2,1H3,(H3,20,21,22);1H. The minimum absolute atomic E-state index is 0.